The van der Waals surface area contributed by atoms with E-state index in [0.29, 0.717) is 22.0 Å². The molecular formula is C9H6ClN2O2. The maximum atomic E-state index is 11.2. The summed E-state index contributed by atoms with van der Waals surface area (Å²) in [7, 11) is 1.32. The SMILES string of the molecule is COC(=O)c1cc(Cl)c2c(c1)N=C[N]2. The van der Waals surface area contributed by atoms with E-state index in [0.717, 1.165) is 0 Å². The minimum Gasteiger partial charge on any atom is -0.465 e. The molecule has 0 aliphatic carbocycles. The van der Waals surface area contributed by atoms with E-state index in [1.807, 2.05) is 0 Å². The Morgan fingerprint density at radius 3 is 3.00 bits per heavy atom. The summed E-state index contributed by atoms with van der Waals surface area (Å²) in [5, 5.41) is 4.35. The Labute approximate surface area is 85.5 Å². The zero-order valence-electron chi connectivity index (χ0n) is 7.32. The summed E-state index contributed by atoms with van der Waals surface area (Å²) in [6.45, 7) is 0. The Bertz CT molecular complexity index is 429. The number of benzene rings is 1. The number of rotatable bonds is 1. The lowest BCUT2D eigenvalue weighted by Gasteiger charge is -2.03. The number of methoxy groups -OCH3 is 1. The molecule has 1 aromatic rings. The van der Waals surface area contributed by atoms with Crippen molar-refractivity contribution in [1.29, 1.82) is 0 Å². The number of carbonyl (C=O) groups excluding carboxylic acids is 1. The molecular weight excluding hydrogens is 204 g/mol. The maximum Gasteiger partial charge on any atom is 0.337 e. The summed E-state index contributed by atoms with van der Waals surface area (Å²) in [4.78, 5) is 15.2. The summed E-state index contributed by atoms with van der Waals surface area (Å²) in [6, 6.07) is 3.12. The third kappa shape index (κ3) is 1.33. The molecule has 2 rings (SSSR count). The van der Waals surface area contributed by atoms with Crippen LogP contribution in [-0.2, 0) is 4.74 Å². The van der Waals surface area contributed by atoms with Crippen LogP contribution in [-0.4, -0.2) is 19.4 Å². The van der Waals surface area contributed by atoms with Gasteiger partial charge in [-0.05, 0) is 12.1 Å². The van der Waals surface area contributed by atoms with Crippen molar-refractivity contribution < 1.29 is 9.53 Å². The van der Waals surface area contributed by atoms with Crippen molar-refractivity contribution in [3.05, 3.63) is 22.7 Å². The lowest BCUT2D eigenvalue weighted by atomic mass is 10.2. The predicted molar refractivity (Wildman–Crippen MR) is 52.7 cm³/mol. The summed E-state index contributed by atoms with van der Waals surface area (Å²) >= 11 is 5.89. The van der Waals surface area contributed by atoms with Crippen molar-refractivity contribution >= 4 is 35.3 Å². The fourth-order valence-electron chi connectivity index (χ4n) is 1.20. The van der Waals surface area contributed by atoms with Gasteiger partial charge < -0.3 is 4.74 Å². The number of nitrogens with zero attached hydrogens (tertiary/aromatic N) is 2. The molecule has 14 heavy (non-hydrogen) atoms. The molecule has 0 unspecified atom stereocenters. The molecule has 0 aromatic heterocycles. The fourth-order valence-corrected chi connectivity index (χ4v) is 1.46. The molecule has 0 saturated heterocycles. The van der Waals surface area contributed by atoms with Gasteiger partial charge in [0.1, 0.15) is 12.0 Å². The number of esters is 1. The predicted octanol–water partition coefficient (Wildman–Crippen LogP) is 2.04. The third-order valence-corrected chi connectivity index (χ3v) is 2.14. The van der Waals surface area contributed by atoms with Crippen LogP contribution in [0.3, 0.4) is 0 Å². The molecule has 0 saturated carbocycles. The highest BCUT2D eigenvalue weighted by Gasteiger charge is 2.16. The van der Waals surface area contributed by atoms with E-state index in [1.165, 1.54) is 19.5 Å². The molecule has 0 N–H and O–H groups in total. The molecule has 1 heterocycles. The lowest BCUT2D eigenvalue weighted by molar-refractivity contribution is 0.0601. The molecule has 1 aromatic carbocycles. The Morgan fingerprint density at radius 2 is 2.29 bits per heavy atom. The van der Waals surface area contributed by atoms with Crippen LogP contribution in [0.5, 0.6) is 0 Å². The van der Waals surface area contributed by atoms with E-state index in [9.17, 15) is 4.79 Å². The smallest absolute Gasteiger partial charge is 0.337 e. The highest BCUT2D eigenvalue weighted by Crippen LogP contribution is 2.36. The van der Waals surface area contributed by atoms with Gasteiger partial charge in [0.25, 0.3) is 0 Å². The van der Waals surface area contributed by atoms with Crippen LogP contribution in [0.2, 0.25) is 5.02 Å². The van der Waals surface area contributed by atoms with Gasteiger partial charge in [0.2, 0.25) is 0 Å². The van der Waals surface area contributed by atoms with Crippen molar-refractivity contribution in [1.82, 2.24) is 5.32 Å². The highest BCUT2D eigenvalue weighted by atomic mass is 35.5. The lowest BCUT2D eigenvalue weighted by Crippen LogP contribution is -2.01. The second kappa shape index (κ2) is 3.31. The van der Waals surface area contributed by atoms with Crippen molar-refractivity contribution in [2.75, 3.05) is 7.11 Å². The largest absolute Gasteiger partial charge is 0.465 e. The van der Waals surface area contributed by atoms with Crippen molar-refractivity contribution in [3.63, 3.8) is 0 Å². The van der Waals surface area contributed by atoms with Crippen molar-refractivity contribution in [2.24, 2.45) is 4.99 Å². The molecule has 1 aliphatic rings. The Morgan fingerprint density at radius 1 is 1.50 bits per heavy atom. The molecule has 71 valence electrons. The van der Waals surface area contributed by atoms with Gasteiger partial charge in [-0.3, -0.25) is 0 Å². The molecule has 5 heteroatoms. The zero-order valence-corrected chi connectivity index (χ0v) is 8.08. The van der Waals surface area contributed by atoms with Crippen LogP contribution in [0.25, 0.3) is 0 Å². The van der Waals surface area contributed by atoms with Gasteiger partial charge in [0.15, 0.2) is 0 Å². The second-order valence-corrected chi connectivity index (χ2v) is 3.10. The second-order valence-electron chi connectivity index (χ2n) is 2.69. The van der Waals surface area contributed by atoms with Crippen molar-refractivity contribution in [3.8, 4) is 0 Å². The van der Waals surface area contributed by atoms with E-state index >= 15 is 0 Å². The zero-order chi connectivity index (χ0) is 10.1. The first-order chi connectivity index (χ1) is 6.72. The van der Waals surface area contributed by atoms with Crippen LogP contribution < -0.4 is 5.32 Å². The average Bonchev–Trinajstić information content (AvgIpc) is 2.64. The van der Waals surface area contributed by atoms with Gasteiger partial charge in [-0.25, -0.2) is 15.1 Å². The van der Waals surface area contributed by atoms with E-state index in [2.05, 4.69) is 15.0 Å². The monoisotopic (exact) mass is 209 g/mol. The first kappa shape index (κ1) is 9.02. The molecule has 4 nitrogen and oxygen atoms in total. The molecule has 0 atom stereocenters. The molecule has 0 bridgehead atoms. The van der Waals surface area contributed by atoms with Crippen LogP contribution in [0.15, 0.2) is 17.1 Å². The van der Waals surface area contributed by atoms with Crippen LogP contribution in [0.4, 0.5) is 11.4 Å². The Kier molecular flexibility index (Phi) is 2.13. The number of halogens is 1. The van der Waals surface area contributed by atoms with E-state index in [1.54, 1.807) is 6.07 Å². The van der Waals surface area contributed by atoms with E-state index in [4.69, 9.17) is 11.6 Å². The Balaban J connectivity index is 2.51. The first-order valence-corrected chi connectivity index (χ1v) is 4.25. The van der Waals surface area contributed by atoms with Crippen LogP contribution in [0, 0.1) is 0 Å². The minimum atomic E-state index is -0.434. The highest BCUT2D eigenvalue weighted by molar-refractivity contribution is 6.34. The normalized spacial score (nSPS) is 12.1. The summed E-state index contributed by atoms with van der Waals surface area (Å²) in [5.41, 5.74) is 1.57. The molecule has 1 radical (unpaired) electrons. The fraction of sp³-hybridized carbons (Fsp3) is 0.111. The van der Waals surface area contributed by atoms with Crippen molar-refractivity contribution in [2.45, 2.75) is 0 Å². The topological polar surface area (TPSA) is 52.8 Å². The molecule has 0 fully saturated rings. The summed E-state index contributed by atoms with van der Waals surface area (Å²) in [6.07, 6.45) is 1.40. The van der Waals surface area contributed by atoms with Gasteiger partial charge >= 0.3 is 5.97 Å². The van der Waals surface area contributed by atoms with E-state index < -0.39 is 5.97 Å². The molecule has 1 aliphatic heterocycles. The number of aliphatic imine (C=N–C) groups is 1. The van der Waals surface area contributed by atoms with Gasteiger partial charge in [0, 0.05) is 0 Å². The van der Waals surface area contributed by atoms with Gasteiger partial charge in [0.05, 0.1) is 23.4 Å². The Hall–Kier alpha value is -1.55. The quantitative estimate of drug-likeness (QED) is 0.665. The molecule has 0 spiro atoms. The van der Waals surface area contributed by atoms with Gasteiger partial charge in [-0.2, -0.15) is 0 Å². The summed E-state index contributed by atoms with van der Waals surface area (Å²) < 4.78 is 4.57. The number of hydrogen-bond donors (Lipinski definition) is 0. The van der Waals surface area contributed by atoms with Crippen LogP contribution in [0.1, 0.15) is 10.4 Å². The number of carbonyl (C=O) groups is 1. The van der Waals surface area contributed by atoms with Crippen LogP contribution >= 0.6 is 11.6 Å². The minimum absolute atomic E-state index is 0.380. The van der Waals surface area contributed by atoms with Gasteiger partial charge in [-0.1, -0.05) is 11.6 Å². The maximum absolute atomic E-state index is 11.2. The number of ether oxygens (including phenoxy) is 1. The molecule has 0 amide bonds. The van der Waals surface area contributed by atoms with E-state index in [-0.39, 0.29) is 0 Å². The number of hydrogen-bond acceptors (Lipinski definition) is 3. The summed E-state index contributed by atoms with van der Waals surface area (Å²) in [5.74, 6) is -0.434. The average molecular weight is 210 g/mol. The third-order valence-electron chi connectivity index (χ3n) is 1.85. The first-order valence-electron chi connectivity index (χ1n) is 3.87. The standard InChI is InChI=1S/C9H6ClN2O2/c1-14-9(13)5-2-6(10)8-7(3-5)11-4-12-8/h2-4H,1H3. The van der Waals surface area contributed by atoms with Gasteiger partial charge in [-0.15, -0.1) is 0 Å². The number of fused-ring (bicyclic) bond motifs is 1.